The molecule has 0 saturated carbocycles. The lowest BCUT2D eigenvalue weighted by atomic mass is 10.1. The van der Waals surface area contributed by atoms with E-state index in [2.05, 4.69) is 4.98 Å². The summed E-state index contributed by atoms with van der Waals surface area (Å²) in [5.41, 5.74) is 3.15. The van der Waals surface area contributed by atoms with E-state index in [-0.39, 0.29) is 14.9 Å². The van der Waals surface area contributed by atoms with E-state index in [1.807, 2.05) is 24.3 Å². The summed E-state index contributed by atoms with van der Waals surface area (Å²) in [6, 6.07) is 12.6. The van der Waals surface area contributed by atoms with Crippen molar-refractivity contribution in [3.63, 3.8) is 0 Å². The maximum Gasteiger partial charge on any atom is 0.244 e. The summed E-state index contributed by atoms with van der Waals surface area (Å²) < 4.78 is 27.5. The molecule has 1 aliphatic rings. The van der Waals surface area contributed by atoms with Crippen LogP contribution in [0.1, 0.15) is 11.3 Å². The zero-order chi connectivity index (χ0) is 16.9. The van der Waals surface area contributed by atoms with Crippen LogP contribution in [-0.4, -0.2) is 24.3 Å². The van der Waals surface area contributed by atoms with E-state index in [1.165, 1.54) is 10.4 Å². The molecule has 0 amide bonds. The molecule has 4 nitrogen and oxygen atoms in total. The smallest absolute Gasteiger partial charge is 0.244 e. The quantitative estimate of drug-likeness (QED) is 0.723. The summed E-state index contributed by atoms with van der Waals surface area (Å²) in [5.74, 6) is 0. The van der Waals surface area contributed by atoms with Gasteiger partial charge in [-0.15, -0.1) is 0 Å². The third-order valence-electron chi connectivity index (χ3n) is 4.38. The number of para-hydroxylation sites is 1. The summed E-state index contributed by atoms with van der Waals surface area (Å²) in [6.07, 6.45) is 0.640. The topological polar surface area (TPSA) is 53.2 Å². The molecule has 0 unspecified atom stereocenters. The highest BCUT2D eigenvalue weighted by Gasteiger charge is 2.32. The second-order valence-electron chi connectivity index (χ2n) is 5.77. The Labute approximate surface area is 150 Å². The Morgan fingerprint density at radius 2 is 1.83 bits per heavy atom. The van der Waals surface area contributed by atoms with Gasteiger partial charge in [0.1, 0.15) is 4.90 Å². The first kappa shape index (κ1) is 16.0. The summed E-state index contributed by atoms with van der Waals surface area (Å²) in [5, 5.41) is 1.37. The zero-order valence-electron chi connectivity index (χ0n) is 12.6. The van der Waals surface area contributed by atoms with Crippen molar-refractivity contribution in [3.05, 3.63) is 63.8 Å². The average molecular weight is 381 g/mol. The second-order valence-corrected chi connectivity index (χ2v) is 8.46. The Morgan fingerprint density at radius 1 is 1.04 bits per heavy atom. The van der Waals surface area contributed by atoms with E-state index < -0.39 is 10.0 Å². The number of aromatic amines is 1. The van der Waals surface area contributed by atoms with Crippen molar-refractivity contribution < 1.29 is 8.42 Å². The van der Waals surface area contributed by atoms with Crippen molar-refractivity contribution in [1.82, 2.24) is 9.29 Å². The number of nitrogens with zero attached hydrogens (tertiary/aromatic N) is 1. The van der Waals surface area contributed by atoms with E-state index >= 15 is 0 Å². The number of H-pyrrole nitrogens is 1. The monoisotopic (exact) mass is 380 g/mol. The van der Waals surface area contributed by atoms with Crippen LogP contribution in [0, 0.1) is 0 Å². The summed E-state index contributed by atoms with van der Waals surface area (Å²) in [6.45, 7) is 0.732. The fourth-order valence-electron chi connectivity index (χ4n) is 3.17. The Hall–Kier alpha value is -1.53. The zero-order valence-corrected chi connectivity index (χ0v) is 14.9. The molecule has 3 aromatic rings. The molecule has 124 valence electrons. The molecule has 7 heteroatoms. The average Bonchev–Trinajstić information content (AvgIpc) is 2.95. The van der Waals surface area contributed by atoms with Crippen LogP contribution >= 0.6 is 23.2 Å². The van der Waals surface area contributed by atoms with Crippen LogP contribution < -0.4 is 0 Å². The van der Waals surface area contributed by atoms with Crippen molar-refractivity contribution in [1.29, 1.82) is 0 Å². The molecule has 0 spiro atoms. The van der Waals surface area contributed by atoms with Crippen LogP contribution in [0.25, 0.3) is 10.9 Å². The van der Waals surface area contributed by atoms with Crippen molar-refractivity contribution in [2.24, 2.45) is 0 Å². The van der Waals surface area contributed by atoms with E-state index in [4.69, 9.17) is 23.2 Å². The minimum Gasteiger partial charge on any atom is -0.358 e. The maximum absolute atomic E-state index is 13.0. The van der Waals surface area contributed by atoms with E-state index in [1.54, 1.807) is 12.1 Å². The van der Waals surface area contributed by atoms with Gasteiger partial charge >= 0.3 is 0 Å². The van der Waals surface area contributed by atoms with Crippen molar-refractivity contribution in [2.75, 3.05) is 6.54 Å². The van der Waals surface area contributed by atoms with Crippen LogP contribution in [0.3, 0.4) is 0 Å². The molecule has 24 heavy (non-hydrogen) atoms. The molecule has 1 N–H and O–H groups in total. The standard InChI is InChI=1S/C17H14Cl2N2O2S/c18-13-5-3-7-16(17(13)19)24(22,23)21-9-8-15-12(10-21)11-4-1-2-6-14(11)20-15/h1-7,20H,8-10H2. The molecule has 2 aromatic carbocycles. The first-order valence-electron chi connectivity index (χ1n) is 7.51. The largest absolute Gasteiger partial charge is 0.358 e. The van der Waals surface area contributed by atoms with Crippen molar-refractivity contribution in [2.45, 2.75) is 17.9 Å². The molecule has 4 rings (SSSR count). The lowest BCUT2D eigenvalue weighted by molar-refractivity contribution is 0.391. The minimum atomic E-state index is -3.70. The van der Waals surface area contributed by atoms with Crippen LogP contribution in [0.4, 0.5) is 0 Å². The highest BCUT2D eigenvalue weighted by atomic mass is 35.5. The van der Waals surface area contributed by atoms with Crippen molar-refractivity contribution >= 4 is 44.1 Å². The molecule has 2 heterocycles. The normalized spacial score (nSPS) is 15.6. The van der Waals surface area contributed by atoms with Gasteiger partial charge in [0.15, 0.2) is 0 Å². The SMILES string of the molecule is O=S(=O)(c1cccc(Cl)c1Cl)N1CCc2[nH]c3ccccc3c2C1. The fourth-order valence-corrected chi connectivity index (χ4v) is 5.31. The molecule has 0 atom stereocenters. The van der Waals surface area contributed by atoms with Crippen LogP contribution in [0.5, 0.6) is 0 Å². The number of halogens is 2. The number of hydrogen-bond donors (Lipinski definition) is 1. The Morgan fingerprint density at radius 3 is 2.67 bits per heavy atom. The third kappa shape index (κ3) is 2.43. The minimum absolute atomic E-state index is 0.0555. The molecular weight excluding hydrogens is 367 g/mol. The first-order chi connectivity index (χ1) is 11.5. The third-order valence-corrected chi connectivity index (χ3v) is 7.20. The van der Waals surface area contributed by atoms with Gasteiger partial charge in [-0.2, -0.15) is 4.31 Å². The van der Waals surface area contributed by atoms with Gasteiger partial charge in [-0.05, 0) is 23.8 Å². The Bertz CT molecular complexity index is 1040. The summed E-state index contributed by atoms with van der Waals surface area (Å²) >= 11 is 12.1. The van der Waals surface area contributed by atoms with Gasteiger partial charge in [0.25, 0.3) is 0 Å². The number of nitrogens with one attached hydrogen (secondary N) is 1. The molecule has 1 aliphatic heterocycles. The van der Waals surface area contributed by atoms with Gasteiger partial charge in [0, 0.05) is 36.1 Å². The van der Waals surface area contributed by atoms with Gasteiger partial charge in [-0.3, -0.25) is 0 Å². The predicted molar refractivity (Wildman–Crippen MR) is 96.1 cm³/mol. The molecule has 0 fully saturated rings. The molecule has 0 radical (unpaired) electrons. The number of hydrogen-bond acceptors (Lipinski definition) is 2. The highest BCUT2D eigenvalue weighted by molar-refractivity contribution is 7.89. The van der Waals surface area contributed by atoms with Crippen LogP contribution in [0.15, 0.2) is 47.4 Å². The van der Waals surface area contributed by atoms with Gasteiger partial charge < -0.3 is 4.98 Å². The molecule has 0 bridgehead atoms. The Balaban J connectivity index is 1.77. The second kappa shape index (κ2) is 5.77. The van der Waals surface area contributed by atoms with Gasteiger partial charge in [-0.25, -0.2) is 8.42 Å². The maximum atomic E-state index is 13.0. The molecule has 0 aliphatic carbocycles. The van der Waals surface area contributed by atoms with Crippen molar-refractivity contribution in [3.8, 4) is 0 Å². The number of sulfonamides is 1. The molecule has 0 saturated heterocycles. The number of aromatic nitrogens is 1. The van der Waals surface area contributed by atoms with E-state index in [9.17, 15) is 8.42 Å². The Kier molecular flexibility index (Phi) is 3.84. The van der Waals surface area contributed by atoms with Gasteiger partial charge in [0.2, 0.25) is 10.0 Å². The summed E-state index contributed by atoms with van der Waals surface area (Å²) in [4.78, 5) is 3.44. The summed E-state index contributed by atoms with van der Waals surface area (Å²) in [7, 11) is -3.70. The lowest BCUT2D eigenvalue weighted by Gasteiger charge is -2.27. The number of fused-ring (bicyclic) bond motifs is 3. The number of rotatable bonds is 2. The first-order valence-corrected chi connectivity index (χ1v) is 9.70. The highest BCUT2D eigenvalue weighted by Crippen LogP contribution is 2.34. The van der Waals surface area contributed by atoms with Crippen LogP contribution in [0.2, 0.25) is 10.0 Å². The fraction of sp³-hybridized carbons (Fsp3) is 0.176. The predicted octanol–water partition coefficient (Wildman–Crippen LogP) is 4.22. The molecular formula is C17H14Cl2N2O2S. The number of benzene rings is 2. The van der Waals surface area contributed by atoms with E-state index in [0.717, 1.165) is 22.2 Å². The van der Waals surface area contributed by atoms with Gasteiger partial charge in [0.05, 0.1) is 10.0 Å². The molecule has 1 aromatic heterocycles. The van der Waals surface area contributed by atoms with E-state index in [0.29, 0.717) is 19.5 Å². The van der Waals surface area contributed by atoms with Gasteiger partial charge in [-0.1, -0.05) is 47.5 Å². The lowest BCUT2D eigenvalue weighted by Crippen LogP contribution is -2.36. The van der Waals surface area contributed by atoms with Crippen LogP contribution in [-0.2, 0) is 23.0 Å².